The van der Waals surface area contributed by atoms with Crippen molar-refractivity contribution in [3.63, 3.8) is 0 Å². The molecule has 0 amide bonds. The molecule has 0 fully saturated rings. The van der Waals surface area contributed by atoms with Gasteiger partial charge in [-0.3, -0.25) is 14.2 Å². The first-order chi connectivity index (χ1) is 19.2. The van der Waals surface area contributed by atoms with Crippen molar-refractivity contribution >= 4 is 51.9 Å². The van der Waals surface area contributed by atoms with Crippen LogP contribution in [-0.4, -0.2) is 33.8 Å². The predicted octanol–water partition coefficient (Wildman–Crippen LogP) is 4.36. The number of carbonyl (C=O) groups is 2. The average Bonchev–Trinajstić information content (AvgIpc) is 3.40. The molecule has 0 aliphatic carbocycles. The summed E-state index contributed by atoms with van der Waals surface area (Å²) in [5.74, 6) is -0.860. The Morgan fingerprint density at radius 2 is 1.88 bits per heavy atom. The lowest BCUT2D eigenvalue weighted by atomic mass is 9.96. The quantitative estimate of drug-likeness (QED) is 0.304. The van der Waals surface area contributed by atoms with E-state index in [4.69, 9.17) is 21.1 Å². The van der Waals surface area contributed by atoms with E-state index in [0.29, 0.717) is 37.8 Å². The van der Waals surface area contributed by atoms with Crippen molar-refractivity contribution in [1.82, 2.24) is 9.13 Å². The Balaban J connectivity index is 1.68. The third kappa shape index (κ3) is 5.26. The normalized spacial score (nSPS) is 15.3. The monoisotopic (exact) mass is 577 g/mol. The van der Waals surface area contributed by atoms with Crippen LogP contribution in [0.2, 0.25) is 5.02 Å². The molecule has 0 saturated heterocycles. The van der Waals surface area contributed by atoms with E-state index in [0.717, 1.165) is 16.5 Å². The van der Waals surface area contributed by atoms with Crippen LogP contribution in [0.25, 0.3) is 17.0 Å². The fourth-order valence-electron chi connectivity index (χ4n) is 4.83. The Hall–Kier alpha value is -3.95. The molecule has 1 atom stereocenters. The number of rotatable bonds is 7. The van der Waals surface area contributed by atoms with Gasteiger partial charge in [0.25, 0.3) is 5.56 Å². The lowest BCUT2D eigenvalue weighted by Crippen LogP contribution is -2.40. The van der Waals surface area contributed by atoms with Gasteiger partial charge < -0.3 is 14.0 Å². The summed E-state index contributed by atoms with van der Waals surface area (Å²) in [6.45, 7) is 7.43. The molecule has 5 rings (SSSR count). The summed E-state index contributed by atoms with van der Waals surface area (Å²) in [6, 6.07) is 14.0. The molecule has 10 heteroatoms. The number of carbonyl (C=O) groups excluding carboxylic acids is 2. The van der Waals surface area contributed by atoms with Gasteiger partial charge in [0.05, 0.1) is 34.6 Å². The number of esters is 2. The maximum absolute atomic E-state index is 14.0. The van der Waals surface area contributed by atoms with Gasteiger partial charge in [-0.1, -0.05) is 53.3 Å². The van der Waals surface area contributed by atoms with Gasteiger partial charge in [0, 0.05) is 27.7 Å². The fraction of sp³-hybridized carbons (Fsp3) is 0.267. The first-order valence-electron chi connectivity index (χ1n) is 12.9. The van der Waals surface area contributed by atoms with Gasteiger partial charge in [-0.05, 0) is 57.5 Å². The van der Waals surface area contributed by atoms with Crippen molar-refractivity contribution in [2.45, 2.75) is 46.4 Å². The molecule has 206 valence electrons. The lowest BCUT2D eigenvalue weighted by Gasteiger charge is -2.25. The number of allylic oxidation sites excluding steroid dienone is 1. The van der Waals surface area contributed by atoms with Gasteiger partial charge in [-0.15, -0.1) is 0 Å². The minimum atomic E-state index is -0.730. The zero-order valence-electron chi connectivity index (χ0n) is 22.5. The van der Waals surface area contributed by atoms with E-state index in [-0.39, 0.29) is 24.2 Å². The molecule has 8 nitrogen and oxygen atoms in total. The van der Waals surface area contributed by atoms with Gasteiger partial charge in [0.1, 0.15) is 6.54 Å². The maximum atomic E-state index is 14.0. The minimum absolute atomic E-state index is 0.0561. The van der Waals surface area contributed by atoms with Crippen LogP contribution in [0.1, 0.15) is 44.9 Å². The Morgan fingerprint density at radius 1 is 1.15 bits per heavy atom. The van der Waals surface area contributed by atoms with Crippen LogP contribution in [0.15, 0.2) is 75.8 Å². The van der Waals surface area contributed by atoms with Gasteiger partial charge >= 0.3 is 11.9 Å². The van der Waals surface area contributed by atoms with Crippen molar-refractivity contribution in [3.8, 4) is 0 Å². The molecule has 0 saturated carbocycles. The van der Waals surface area contributed by atoms with E-state index < -0.39 is 12.0 Å². The van der Waals surface area contributed by atoms with E-state index in [9.17, 15) is 14.4 Å². The molecule has 1 aliphatic heterocycles. The lowest BCUT2D eigenvalue weighted by molar-refractivity contribution is -0.144. The topological polar surface area (TPSA) is 91.9 Å². The number of benzene rings is 2. The number of fused-ring (bicyclic) bond motifs is 2. The fourth-order valence-corrected chi connectivity index (χ4v) is 5.99. The Labute approximate surface area is 239 Å². The van der Waals surface area contributed by atoms with Crippen LogP contribution in [0.4, 0.5) is 0 Å². The molecule has 0 bridgehead atoms. The minimum Gasteiger partial charge on any atom is -0.465 e. The van der Waals surface area contributed by atoms with Crippen molar-refractivity contribution in [2.24, 2.45) is 4.99 Å². The molecular weight excluding hydrogens is 550 g/mol. The second-order valence-corrected chi connectivity index (χ2v) is 11.1. The highest BCUT2D eigenvalue weighted by Gasteiger charge is 2.33. The number of aromatic nitrogens is 2. The van der Waals surface area contributed by atoms with Gasteiger partial charge in [0.2, 0.25) is 0 Å². The molecule has 3 heterocycles. The van der Waals surface area contributed by atoms with Crippen molar-refractivity contribution in [3.05, 3.63) is 102 Å². The number of halogens is 1. The highest BCUT2D eigenvalue weighted by atomic mass is 35.5. The molecule has 0 spiro atoms. The summed E-state index contributed by atoms with van der Waals surface area (Å²) in [5.41, 5.74) is 2.86. The summed E-state index contributed by atoms with van der Waals surface area (Å²) in [5, 5.41) is 1.44. The first-order valence-corrected chi connectivity index (χ1v) is 14.1. The van der Waals surface area contributed by atoms with Crippen molar-refractivity contribution < 1.29 is 19.1 Å². The second-order valence-electron chi connectivity index (χ2n) is 9.62. The Bertz CT molecular complexity index is 1830. The Morgan fingerprint density at radius 3 is 2.58 bits per heavy atom. The highest BCUT2D eigenvalue weighted by Crippen LogP contribution is 2.31. The Kier molecular flexibility index (Phi) is 7.78. The zero-order valence-corrected chi connectivity index (χ0v) is 24.1. The van der Waals surface area contributed by atoms with Crippen LogP contribution in [-0.2, 0) is 25.6 Å². The number of nitrogens with zero attached hydrogens (tertiary/aromatic N) is 3. The molecule has 0 N–H and O–H groups in total. The number of hydrogen-bond donors (Lipinski definition) is 0. The third-order valence-corrected chi connectivity index (χ3v) is 7.72. The van der Waals surface area contributed by atoms with Crippen molar-refractivity contribution in [2.75, 3.05) is 6.61 Å². The van der Waals surface area contributed by atoms with Gasteiger partial charge in [0.15, 0.2) is 4.80 Å². The van der Waals surface area contributed by atoms with Crippen molar-refractivity contribution in [1.29, 1.82) is 0 Å². The number of thiazole rings is 1. The number of ether oxygens (including phenoxy) is 2. The SMILES string of the molecule is CCOC(=O)Cn1cc(C=c2sc3n(c2=O)C(c2ccc(Cl)cc2)C(C(=O)OC(C)C)=C(C)N=3)c2ccccc21. The molecule has 1 aliphatic rings. The van der Waals surface area contributed by atoms with Crippen LogP contribution < -0.4 is 14.9 Å². The van der Waals surface area contributed by atoms with E-state index in [2.05, 4.69) is 4.99 Å². The van der Waals surface area contributed by atoms with E-state index >= 15 is 0 Å². The van der Waals surface area contributed by atoms with Crippen LogP contribution in [0.5, 0.6) is 0 Å². The third-order valence-electron chi connectivity index (χ3n) is 6.48. The molecule has 2 aromatic heterocycles. The predicted molar refractivity (Wildman–Crippen MR) is 155 cm³/mol. The average molecular weight is 578 g/mol. The summed E-state index contributed by atoms with van der Waals surface area (Å²) >= 11 is 7.39. The van der Waals surface area contributed by atoms with Gasteiger partial charge in [-0.2, -0.15) is 0 Å². The first kappa shape index (κ1) is 27.6. The van der Waals surface area contributed by atoms with E-state index in [1.54, 1.807) is 62.6 Å². The zero-order chi connectivity index (χ0) is 28.6. The molecular formula is C30H28ClN3O5S. The summed E-state index contributed by atoms with van der Waals surface area (Å²) < 4.78 is 14.5. The van der Waals surface area contributed by atoms with E-state index in [1.807, 2.05) is 35.0 Å². The number of para-hydroxylation sites is 1. The smallest absolute Gasteiger partial charge is 0.338 e. The van der Waals surface area contributed by atoms with Crippen LogP contribution >= 0.6 is 22.9 Å². The standard InChI is InChI=1S/C30H28ClN3O5S/c1-5-38-25(35)16-33-15-20(22-8-6-7-9-23(22)33)14-24-28(36)34-27(19-10-12-21(31)13-11-19)26(29(37)39-17(2)3)18(4)32-30(34)40-24/h6-15,17,27H,5,16H2,1-4H3. The highest BCUT2D eigenvalue weighted by molar-refractivity contribution is 7.07. The summed E-state index contributed by atoms with van der Waals surface area (Å²) in [7, 11) is 0. The van der Waals surface area contributed by atoms with E-state index in [1.165, 1.54) is 11.3 Å². The molecule has 40 heavy (non-hydrogen) atoms. The molecule has 0 radical (unpaired) electrons. The number of hydrogen-bond acceptors (Lipinski definition) is 7. The second kappa shape index (κ2) is 11.3. The molecule has 1 unspecified atom stereocenters. The molecule has 4 aromatic rings. The van der Waals surface area contributed by atoms with Crippen LogP contribution in [0, 0.1) is 0 Å². The summed E-state index contributed by atoms with van der Waals surface area (Å²) in [4.78, 5) is 44.6. The molecule has 2 aromatic carbocycles. The van der Waals surface area contributed by atoms with Crippen LogP contribution in [0.3, 0.4) is 0 Å². The maximum Gasteiger partial charge on any atom is 0.338 e. The largest absolute Gasteiger partial charge is 0.465 e. The van der Waals surface area contributed by atoms with Gasteiger partial charge in [-0.25, -0.2) is 9.79 Å². The summed E-state index contributed by atoms with van der Waals surface area (Å²) in [6.07, 6.45) is 3.31.